The van der Waals surface area contributed by atoms with Gasteiger partial charge in [-0.1, -0.05) is 38.1 Å². The minimum atomic E-state index is -0.948. The van der Waals surface area contributed by atoms with Crippen molar-refractivity contribution in [3.05, 3.63) is 33.7 Å². The van der Waals surface area contributed by atoms with Crippen molar-refractivity contribution in [3.63, 3.8) is 0 Å². The molecule has 1 aliphatic heterocycles. The first kappa shape index (κ1) is 17.2. The summed E-state index contributed by atoms with van der Waals surface area (Å²) in [6, 6.07) is 7.82. The predicted molar refractivity (Wildman–Crippen MR) is 97.5 cm³/mol. The lowest BCUT2D eigenvalue weighted by Crippen LogP contribution is -2.53. The summed E-state index contributed by atoms with van der Waals surface area (Å²) in [4.78, 5) is 17.8. The summed E-state index contributed by atoms with van der Waals surface area (Å²) in [5.74, 6) is 0.866. The molecule has 1 aromatic carbocycles. The van der Waals surface area contributed by atoms with E-state index in [-0.39, 0.29) is 5.41 Å². The molecule has 1 atom stereocenters. The second kappa shape index (κ2) is 6.02. The van der Waals surface area contributed by atoms with E-state index in [0.717, 1.165) is 15.6 Å². The lowest BCUT2D eigenvalue weighted by atomic mass is 9.71. The monoisotopic (exact) mass is 441 g/mol. The number of halogens is 1. The van der Waals surface area contributed by atoms with Gasteiger partial charge in [-0.15, -0.1) is 0 Å². The molecule has 0 spiro atoms. The van der Waals surface area contributed by atoms with E-state index in [1.54, 1.807) is 0 Å². The zero-order chi connectivity index (χ0) is 17.5. The van der Waals surface area contributed by atoms with Gasteiger partial charge in [0.05, 0.1) is 0 Å². The highest BCUT2D eigenvalue weighted by molar-refractivity contribution is 14.1. The topological polar surface area (TPSA) is 79.5 Å². The molecule has 2 aromatic rings. The summed E-state index contributed by atoms with van der Waals surface area (Å²) in [5.41, 5.74) is -0.306. The van der Waals surface area contributed by atoms with Crippen LogP contribution in [0.5, 0.6) is 0 Å². The smallest absolute Gasteiger partial charge is 0.408 e. The summed E-state index contributed by atoms with van der Waals surface area (Å²) in [6.07, 6.45) is 0.513. The minimum Gasteiger partial charge on any atom is -0.465 e. The van der Waals surface area contributed by atoms with Crippen LogP contribution in [0, 0.1) is 8.99 Å². The Labute approximate surface area is 154 Å². The molecule has 0 radical (unpaired) electrons. The molecule has 1 N–H and O–H groups in total. The summed E-state index contributed by atoms with van der Waals surface area (Å²) in [5, 5.41) is 13.8. The lowest BCUT2D eigenvalue weighted by Gasteiger charge is -2.43. The van der Waals surface area contributed by atoms with Gasteiger partial charge in [0.25, 0.3) is 5.89 Å². The number of hydrogen-bond acceptors (Lipinski definition) is 4. The fraction of sp³-hybridized carbons (Fsp3) is 0.471. The van der Waals surface area contributed by atoms with Crippen molar-refractivity contribution in [1.82, 2.24) is 15.0 Å². The van der Waals surface area contributed by atoms with E-state index >= 15 is 0 Å². The molecule has 1 saturated heterocycles. The highest BCUT2D eigenvalue weighted by Gasteiger charge is 2.57. The molecule has 2 heterocycles. The van der Waals surface area contributed by atoms with Gasteiger partial charge in [-0.3, -0.25) is 4.90 Å². The molecule has 0 aliphatic carbocycles. The van der Waals surface area contributed by atoms with Crippen molar-refractivity contribution in [1.29, 1.82) is 0 Å². The summed E-state index contributed by atoms with van der Waals surface area (Å²) in [6.45, 7) is 6.53. The zero-order valence-electron chi connectivity index (χ0n) is 13.9. The largest absolute Gasteiger partial charge is 0.465 e. The quantitative estimate of drug-likeness (QED) is 0.701. The molecule has 128 valence electrons. The Morgan fingerprint density at radius 2 is 2.00 bits per heavy atom. The zero-order valence-corrected chi connectivity index (χ0v) is 16.1. The van der Waals surface area contributed by atoms with Gasteiger partial charge in [0, 0.05) is 15.7 Å². The Bertz CT molecular complexity index is 751. The molecule has 1 fully saturated rings. The van der Waals surface area contributed by atoms with Gasteiger partial charge >= 0.3 is 6.09 Å². The predicted octanol–water partition coefficient (Wildman–Crippen LogP) is 4.36. The van der Waals surface area contributed by atoms with E-state index in [1.165, 1.54) is 4.90 Å². The number of carboxylic acid groups (broad SMARTS) is 1. The van der Waals surface area contributed by atoms with Crippen LogP contribution in [0.3, 0.4) is 0 Å². The fourth-order valence-corrected chi connectivity index (χ4v) is 3.87. The Balaban J connectivity index is 2.07. The number of aromatic nitrogens is 2. The third kappa shape index (κ3) is 2.68. The first-order chi connectivity index (χ1) is 11.3. The molecule has 1 amide bonds. The fourth-order valence-electron chi connectivity index (χ4n) is 3.51. The number of carbonyl (C=O) groups is 1. The van der Waals surface area contributed by atoms with Crippen molar-refractivity contribution in [2.45, 2.75) is 39.2 Å². The van der Waals surface area contributed by atoms with E-state index in [2.05, 4.69) is 32.7 Å². The van der Waals surface area contributed by atoms with Gasteiger partial charge in [0.15, 0.2) is 0 Å². The van der Waals surface area contributed by atoms with Crippen LogP contribution in [-0.4, -0.2) is 32.8 Å². The highest BCUT2D eigenvalue weighted by Crippen LogP contribution is 2.50. The van der Waals surface area contributed by atoms with Gasteiger partial charge < -0.3 is 9.63 Å². The van der Waals surface area contributed by atoms with Crippen molar-refractivity contribution in [2.75, 3.05) is 6.54 Å². The minimum absolute atomic E-state index is 0.363. The third-order valence-corrected chi connectivity index (χ3v) is 5.45. The van der Waals surface area contributed by atoms with E-state index < -0.39 is 11.6 Å². The number of hydrogen-bond donors (Lipinski definition) is 1. The van der Waals surface area contributed by atoms with Crippen LogP contribution in [-0.2, 0) is 5.54 Å². The molecule has 1 aliphatic rings. The number of benzene rings is 1. The second-order valence-corrected chi connectivity index (χ2v) is 8.32. The van der Waals surface area contributed by atoms with Crippen LogP contribution in [0.1, 0.15) is 39.5 Å². The Hall–Kier alpha value is -1.64. The molecule has 1 unspecified atom stereocenters. The van der Waals surface area contributed by atoms with Crippen LogP contribution in [0.15, 0.2) is 28.8 Å². The molecule has 24 heavy (non-hydrogen) atoms. The molecule has 0 saturated carbocycles. The maximum atomic E-state index is 11.8. The third-order valence-electron chi connectivity index (χ3n) is 4.73. The summed E-state index contributed by atoms with van der Waals surface area (Å²) in [7, 11) is 0. The average molecular weight is 441 g/mol. The van der Waals surface area contributed by atoms with Crippen molar-refractivity contribution >= 4 is 28.7 Å². The SMILES string of the molecule is CC(C)(C)C1(c2nc(-c3ccc(I)cc3)no2)CCCN1C(=O)O. The first-order valence-electron chi connectivity index (χ1n) is 7.86. The van der Waals surface area contributed by atoms with E-state index in [0.29, 0.717) is 24.7 Å². The first-order valence-corrected chi connectivity index (χ1v) is 8.94. The second-order valence-electron chi connectivity index (χ2n) is 7.08. The van der Waals surface area contributed by atoms with Gasteiger partial charge in [-0.05, 0) is 53.0 Å². The van der Waals surface area contributed by atoms with Gasteiger partial charge in [0.1, 0.15) is 5.54 Å². The van der Waals surface area contributed by atoms with Crippen LogP contribution < -0.4 is 0 Å². The summed E-state index contributed by atoms with van der Waals surface area (Å²) < 4.78 is 6.70. The molecular weight excluding hydrogens is 421 g/mol. The van der Waals surface area contributed by atoms with Crippen LogP contribution >= 0.6 is 22.6 Å². The van der Waals surface area contributed by atoms with Crippen molar-refractivity contribution < 1.29 is 14.4 Å². The van der Waals surface area contributed by atoms with Crippen LogP contribution in [0.25, 0.3) is 11.4 Å². The normalized spacial score (nSPS) is 21.2. The van der Waals surface area contributed by atoms with Gasteiger partial charge in [-0.25, -0.2) is 4.79 Å². The molecule has 7 heteroatoms. The lowest BCUT2D eigenvalue weighted by molar-refractivity contribution is 0.00351. The Morgan fingerprint density at radius 1 is 1.33 bits per heavy atom. The molecule has 0 bridgehead atoms. The molecular formula is C17H20IN3O3. The molecule has 3 rings (SSSR count). The maximum Gasteiger partial charge on any atom is 0.408 e. The Morgan fingerprint density at radius 3 is 2.58 bits per heavy atom. The number of amides is 1. The van der Waals surface area contributed by atoms with Crippen LogP contribution in [0.2, 0.25) is 0 Å². The van der Waals surface area contributed by atoms with E-state index in [1.807, 2.05) is 45.0 Å². The summed E-state index contributed by atoms with van der Waals surface area (Å²) >= 11 is 2.24. The standard InChI is InChI=1S/C17H20IN3O3/c1-16(2,3)17(9-4-10-21(17)15(22)23)14-19-13(20-24-14)11-5-7-12(18)8-6-11/h5-8H,4,9-10H2,1-3H3,(H,22,23). The Kier molecular flexibility index (Phi) is 4.31. The number of nitrogens with zero attached hydrogens (tertiary/aromatic N) is 3. The average Bonchev–Trinajstić information content (AvgIpc) is 3.14. The van der Waals surface area contributed by atoms with Gasteiger partial charge in [0.2, 0.25) is 5.82 Å². The van der Waals surface area contributed by atoms with Crippen molar-refractivity contribution in [2.24, 2.45) is 5.41 Å². The maximum absolute atomic E-state index is 11.8. The number of likely N-dealkylation sites (tertiary alicyclic amines) is 1. The van der Waals surface area contributed by atoms with Gasteiger partial charge in [-0.2, -0.15) is 4.98 Å². The number of rotatable bonds is 2. The van der Waals surface area contributed by atoms with Crippen LogP contribution in [0.4, 0.5) is 4.79 Å². The highest BCUT2D eigenvalue weighted by atomic mass is 127. The molecule has 1 aromatic heterocycles. The molecule has 6 nitrogen and oxygen atoms in total. The van der Waals surface area contributed by atoms with E-state index in [4.69, 9.17) is 4.52 Å². The van der Waals surface area contributed by atoms with E-state index in [9.17, 15) is 9.90 Å². The van der Waals surface area contributed by atoms with Crippen molar-refractivity contribution in [3.8, 4) is 11.4 Å².